The fourth-order valence-electron chi connectivity index (χ4n) is 0.885. The number of thioether (sulfide) groups is 1. The maximum absolute atomic E-state index is 4.31. The molecule has 0 aliphatic rings. The molecule has 0 radical (unpaired) electrons. The molecule has 0 aliphatic heterocycles. The molecule has 0 N–H and O–H groups in total. The summed E-state index contributed by atoms with van der Waals surface area (Å²) in [6, 6.07) is 0. The Kier molecular flexibility index (Phi) is 5.74. The van der Waals surface area contributed by atoms with Crippen LogP contribution >= 0.6 is 24.4 Å². The maximum atomic E-state index is 4.31. The molecule has 0 aromatic carbocycles. The van der Waals surface area contributed by atoms with Crippen LogP contribution in [0.2, 0.25) is 0 Å². The van der Waals surface area contributed by atoms with Gasteiger partial charge in [0, 0.05) is 11.0 Å². The van der Waals surface area contributed by atoms with Crippen LogP contribution in [0.25, 0.3) is 0 Å². The molecule has 2 unspecified atom stereocenters. The quantitative estimate of drug-likeness (QED) is 0.646. The number of rotatable bonds is 4. The van der Waals surface area contributed by atoms with Gasteiger partial charge in [0.15, 0.2) is 0 Å². The van der Waals surface area contributed by atoms with Crippen LogP contribution in [0.5, 0.6) is 0 Å². The SMILES string of the molecule is CSC(CS)C(C)C(C)C. The first-order valence-electron chi connectivity index (χ1n) is 3.77. The third kappa shape index (κ3) is 3.20. The van der Waals surface area contributed by atoms with E-state index < -0.39 is 0 Å². The lowest BCUT2D eigenvalue weighted by Gasteiger charge is -2.23. The summed E-state index contributed by atoms with van der Waals surface area (Å²) >= 11 is 6.24. The zero-order valence-electron chi connectivity index (χ0n) is 7.29. The lowest BCUT2D eigenvalue weighted by atomic mass is 9.95. The maximum Gasteiger partial charge on any atom is 0.0160 e. The first kappa shape index (κ1) is 10.7. The smallest absolute Gasteiger partial charge is 0.0160 e. The van der Waals surface area contributed by atoms with Crippen molar-refractivity contribution >= 4 is 24.4 Å². The molecule has 0 aliphatic carbocycles. The molecule has 0 spiro atoms. The van der Waals surface area contributed by atoms with Crippen LogP contribution in [-0.2, 0) is 0 Å². The second kappa shape index (κ2) is 5.36. The first-order chi connectivity index (χ1) is 4.63. The van der Waals surface area contributed by atoms with Gasteiger partial charge in [-0.05, 0) is 18.1 Å². The highest BCUT2D eigenvalue weighted by Crippen LogP contribution is 2.24. The summed E-state index contributed by atoms with van der Waals surface area (Å²) in [5, 5.41) is 0.725. The molecule has 0 bridgehead atoms. The Hall–Kier alpha value is 0.700. The Bertz CT molecular complexity index is 77.3. The van der Waals surface area contributed by atoms with Gasteiger partial charge in [-0.3, -0.25) is 0 Å². The highest BCUT2D eigenvalue weighted by Gasteiger charge is 2.16. The van der Waals surface area contributed by atoms with Crippen molar-refractivity contribution in [2.24, 2.45) is 11.8 Å². The summed E-state index contributed by atoms with van der Waals surface area (Å²) < 4.78 is 0. The molecular formula is C8H18S2. The molecule has 0 amide bonds. The standard InChI is InChI=1S/C8H18S2/c1-6(2)7(3)8(5-9)10-4/h6-9H,5H2,1-4H3. The molecule has 0 saturated heterocycles. The Morgan fingerprint density at radius 3 is 1.90 bits per heavy atom. The van der Waals surface area contributed by atoms with E-state index in [0.717, 1.165) is 22.8 Å². The van der Waals surface area contributed by atoms with Crippen molar-refractivity contribution in [3.63, 3.8) is 0 Å². The van der Waals surface area contributed by atoms with Crippen LogP contribution in [0.15, 0.2) is 0 Å². The van der Waals surface area contributed by atoms with E-state index in [1.54, 1.807) is 0 Å². The van der Waals surface area contributed by atoms with Gasteiger partial charge >= 0.3 is 0 Å². The zero-order valence-corrected chi connectivity index (χ0v) is 9.01. The monoisotopic (exact) mass is 178 g/mol. The molecule has 0 aromatic heterocycles. The molecule has 2 atom stereocenters. The number of thiol groups is 1. The minimum Gasteiger partial charge on any atom is -0.178 e. The molecule has 0 fully saturated rings. The molecule has 62 valence electrons. The van der Waals surface area contributed by atoms with Gasteiger partial charge in [-0.1, -0.05) is 20.8 Å². The summed E-state index contributed by atoms with van der Waals surface area (Å²) in [6.45, 7) is 6.86. The van der Waals surface area contributed by atoms with E-state index >= 15 is 0 Å². The molecule has 10 heavy (non-hydrogen) atoms. The third-order valence-electron chi connectivity index (χ3n) is 2.12. The minimum absolute atomic E-state index is 0.725. The molecular weight excluding hydrogens is 160 g/mol. The van der Waals surface area contributed by atoms with Crippen molar-refractivity contribution in [3.05, 3.63) is 0 Å². The second-order valence-corrected chi connectivity index (χ2v) is 4.50. The van der Waals surface area contributed by atoms with E-state index in [2.05, 4.69) is 39.7 Å². The van der Waals surface area contributed by atoms with Gasteiger partial charge in [0.25, 0.3) is 0 Å². The second-order valence-electron chi connectivity index (χ2n) is 3.06. The van der Waals surface area contributed by atoms with Crippen LogP contribution in [0.3, 0.4) is 0 Å². The molecule has 0 aromatic rings. The van der Waals surface area contributed by atoms with Crippen LogP contribution in [-0.4, -0.2) is 17.3 Å². The van der Waals surface area contributed by atoms with Crippen molar-refractivity contribution in [1.82, 2.24) is 0 Å². The Morgan fingerprint density at radius 1 is 1.30 bits per heavy atom. The number of hydrogen-bond donors (Lipinski definition) is 1. The van der Waals surface area contributed by atoms with E-state index in [0.29, 0.717) is 0 Å². The fourth-order valence-corrected chi connectivity index (χ4v) is 2.56. The van der Waals surface area contributed by atoms with Crippen molar-refractivity contribution in [3.8, 4) is 0 Å². The van der Waals surface area contributed by atoms with E-state index in [1.165, 1.54) is 0 Å². The summed E-state index contributed by atoms with van der Waals surface area (Å²) in [5.41, 5.74) is 0. The lowest BCUT2D eigenvalue weighted by molar-refractivity contribution is 0.420. The predicted octanol–water partition coefficient (Wildman–Crippen LogP) is 2.94. The van der Waals surface area contributed by atoms with Gasteiger partial charge in [0.05, 0.1) is 0 Å². The van der Waals surface area contributed by atoms with Crippen LogP contribution < -0.4 is 0 Å². The minimum atomic E-state index is 0.725. The Balaban J connectivity index is 3.76. The summed E-state index contributed by atoms with van der Waals surface area (Å²) in [7, 11) is 0. The van der Waals surface area contributed by atoms with Crippen molar-refractivity contribution < 1.29 is 0 Å². The molecule has 2 heteroatoms. The average Bonchev–Trinajstić information content (AvgIpc) is 1.90. The highest BCUT2D eigenvalue weighted by atomic mass is 32.2. The van der Waals surface area contributed by atoms with E-state index in [4.69, 9.17) is 0 Å². The zero-order chi connectivity index (χ0) is 8.15. The normalized spacial score (nSPS) is 17.4. The summed E-state index contributed by atoms with van der Waals surface area (Å²) in [4.78, 5) is 0. The Morgan fingerprint density at radius 2 is 1.80 bits per heavy atom. The van der Waals surface area contributed by atoms with E-state index in [1.807, 2.05) is 11.8 Å². The largest absolute Gasteiger partial charge is 0.178 e. The van der Waals surface area contributed by atoms with Crippen molar-refractivity contribution in [2.45, 2.75) is 26.0 Å². The average molecular weight is 178 g/mol. The highest BCUT2D eigenvalue weighted by molar-refractivity contribution is 8.00. The summed E-state index contributed by atoms with van der Waals surface area (Å²) in [6.07, 6.45) is 2.17. The van der Waals surface area contributed by atoms with Gasteiger partial charge < -0.3 is 0 Å². The van der Waals surface area contributed by atoms with Gasteiger partial charge in [0.2, 0.25) is 0 Å². The third-order valence-corrected chi connectivity index (χ3v) is 3.96. The predicted molar refractivity (Wildman–Crippen MR) is 55.2 cm³/mol. The van der Waals surface area contributed by atoms with Crippen molar-refractivity contribution in [1.29, 1.82) is 0 Å². The topological polar surface area (TPSA) is 0 Å². The van der Waals surface area contributed by atoms with Gasteiger partial charge in [-0.2, -0.15) is 24.4 Å². The van der Waals surface area contributed by atoms with E-state index in [-0.39, 0.29) is 0 Å². The Labute approximate surface area is 74.6 Å². The van der Waals surface area contributed by atoms with E-state index in [9.17, 15) is 0 Å². The molecule has 0 saturated carbocycles. The van der Waals surface area contributed by atoms with Gasteiger partial charge in [-0.25, -0.2) is 0 Å². The lowest BCUT2D eigenvalue weighted by Crippen LogP contribution is -2.20. The number of hydrogen-bond acceptors (Lipinski definition) is 2. The van der Waals surface area contributed by atoms with Crippen LogP contribution in [0, 0.1) is 11.8 Å². The first-order valence-corrected chi connectivity index (χ1v) is 5.69. The molecule has 0 nitrogen and oxygen atoms in total. The molecule has 0 heterocycles. The summed E-state index contributed by atoms with van der Waals surface area (Å²) in [5.74, 6) is 2.57. The van der Waals surface area contributed by atoms with Gasteiger partial charge in [-0.15, -0.1) is 0 Å². The van der Waals surface area contributed by atoms with Crippen LogP contribution in [0.4, 0.5) is 0 Å². The van der Waals surface area contributed by atoms with Crippen LogP contribution in [0.1, 0.15) is 20.8 Å². The van der Waals surface area contributed by atoms with Crippen molar-refractivity contribution in [2.75, 3.05) is 12.0 Å². The molecule has 0 rings (SSSR count). The van der Waals surface area contributed by atoms with Gasteiger partial charge in [0.1, 0.15) is 0 Å². The fraction of sp³-hybridized carbons (Fsp3) is 1.00.